The molecule has 1 fully saturated rings. The van der Waals surface area contributed by atoms with Gasteiger partial charge >= 0.3 is 0 Å². The molecule has 2 atom stereocenters. The molecule has 2 heteroatoms. The van der Waals surface area contributed by atoms with Gasteiger partial charge in [0.05, 0.1) is 5.60 Å². The second-order valence-corrected chi connectivity index (χ2v) is 4.90. The molecule has 0 saturated heterocycles. The van der Waals surface area contributed by atoms with E-state index >= 15 is 0 Å². The van der Waals surface area contributed by atoms with Gasteiger partial charge in [0, 0.05) is 12.3 Å². The quantitative estimate of drug-likeness (QED) is 0.846. The number of Topliss-reactive ketones (excluding diaryl/α,β-unsaturated/α-hetero) is 1. The minimum absolute atomic E-state index is 0.0511. The average Bonchev–Trinajstić information content (AvgIpc) is 2.65. The lowest BCUT2D eigenvalue weighted by molar-refractivity contribution is -0.122. The minimum atomic E-state index is -0.883. The second-order valence-electron chi connectivity index (χ2n) is 4.90. The Morgan fingerprint density at radius 1 is 1.38 bits per heavy atom. The molecule has 2 unspecified atom stereocenters. The zero-order chi connectivity index (χ0) is 11.6. The van der Waals surface area contributed by atoms with E-state index in [0.29, 0.717) is 18.6 Å². The average molecular weight is 218 g/mol. The summed E-state index contributed by atoms with van der Waals surface area (Å²) in [5, 5.41) is 10.4. The highest BCUT2D eigenvalue weighted by molar-refractivity contribution is 5.82. The lowest BCUT2D eigenvalue weighted by Crippen LogP contribution is -2.26. The van der Waals surface area contributed by atoms with Crippen LogP contribution in [0.3, 0.4) is 0 Å². The fourth-order valence-electron chi connectivity index (χ4n) is 2.50. The summed E-state index contributed by atoms with van der Waals surface area (Å²) in [5.41, 5.74) is 0.0149. The normalized spacial score (nSPS) is 24.4. The number of rotatable bonds is 3. The minimum Gasteiger partial charge on any atom is -0.385 e. The van der Waals surface area contributed by atoms with E-state index in [2.05, 4.69) is 0 Å². The Labute approximate surface area is 96.3 Å². The van der Waals surface area contributed by atoms with Crippen LogP contribution in [0.1, 0.15) is 38.2 Å². The number of carbonyl (C=O) groups is 1. The van der Waals surface area contributed by atoms with Crippen molar-refractivity contribution in [3.63, 3.8) is 0 Å². The highest BCUT2D eigenvalue weighted by atomic mass is 16.3. The van der Waals surface area contributed by atoms with Gasteiger partial charge in [0.1, 0.15) is 5.78 Å². The molecule has 0 heterocycles. The highest BCUT2D eigenvalue weighted by Gasteiger charge is 2.33. The summed E-state index contributed by atoms with van der Waals surface area (Å²) in [6.07, 6.45) is 3.15. The molecule has 1 saturated carbocycles. The number of benzene rings is 1. The summed E-state index contributed by atoms with van der Waals surface area (Å²) in [5.74, 6) is 0.367. The maximum Gasteiger partial charge on any atom is 0.136 e. The molecule has 0 bridgehead atoms. The Morgan fingerprint density at radius 2 is 2.06 bits per heavy atom. The van der Waals surface area contributed by atoms with E-state index in [1.54, 1.807) is 6.92 Å². The van der Waals surface area contributed by atoms with Crippen LogP contribution in [0.15, 0.2) is 30.3 Å². The first-order chi connectivity index (χ1) is 7.59. The van der Waals surface area contributed by atoms with Crippen molar-refractivity contribution in [1.29, 1.82) is 0 Å². The Hall–Kier alpha value is -1.15. The fourth-order valence-corrected chi connectivity index (χ4v) is 2.50. The van der Waals surface area contributed by atoms with Crippen molar-refractivity contribution in [2.24, 2.45) is 5.92 Å². The van der Waals surface area contributed by atoms with E-state index < -0.39 is 5.60 Å². The zero-order valence-corrected chi connectivity index (χ0v) is 9.65. The van der Waals surface area contributed by atoms with Crippen molar-refractivity contribution < 1.29 is 9.90 Å². The third-order valence-corrected chi connectivity index (χ3v) is 3.47. The number of aliphatic hydroxyl groups is 1. The molecule has 16 heavy (non-hydrogen) atoms. The van der Waals surface area contributed by atoms with Crippen molar-refractivity contribution in [2.75, 3.05) is 0 Å². The largest absolute Gasteiger partial charge is 0.385 e. The van der Waals surface area contributed by atoms with Gasteiger partial charge in [0.15, 0.2) is 0 Å². The van der Waals surface area contributed by atoms with Crippen LogP contribution in [-0.4, -0.2) is 10.9 Å². The monoisotopic (exact) mass is 218 g/mol. The molecule has 1 aliphatic rings. The molecular formula is C14H18O2. The van der Waals surface area contributed by atoms with Gasteiger partial charge in [0.2, 0.25) is 0 Å². The maximum atomic E-state index is 11.6. The molecule has 0 radical (unpaired) electrons. The summed E-state index contributed by atoms with van der Waals surface area (Å²) in [6, 6.07) is 9.60. The molecule has 0 amide bonds. The third kappa shape index (κ3) is 2.33. The van der Waals surface area contributed by atoms with E-state index in [4.69, 9.17) is 0 Å². The summed E-state index contributed by atoms with van der Waals surface area (Å²) in [7, 11) is 0. The van der Waals surface area contributed by atoms with Crippen molar-refractivity contribution >= 4 is 5.78 Å². The number of hydrogen-bond acceptors (Lipinski definition) is 2. The summed E-state index contributed by atoms with van der Waals surface area (Å²) >= 11 is 0. The molecular weight excluding hydrogens is 200 g/mol. The SMILES string of the molecule is CC(O)(CC1CCCC1=O)c1ccccc1. The van der Waals surface area contributed by atoms with Crippen molar-refractivity contribution in [1.82, 2.24) is 0 Å². The van der Waals surface area contributed by atoms with Gasteiger partial charge in [-0.3, -0.25) is 4.79 Å². The molecule has 1 aromatic rings. The zero-order valence-electron chi connectivity index (χ0n) is 9.65. The summed E-state index contributed by atoms with van der Waals surface area (Å²) in [6.45, 7) is 1.80. The fraction of sp³-hybridized carbons (Fsp3) is 0.500. The summed E-state index contributed by atoms with van der Waals surface area (Å²) in [4.78, 5) is 11.6. The first kappa shape index (κ1) is 11.3. The van der Waals surface area contributed by atoms with Crippen LogP contribution in [0, 0.1) is 5.92 Å². The lowest BCUT2D eigenvalue weighted by atomic mass is 9.85. The molecule has 0 aliphatic heterocycles. The molecule has 1 aliphatic carbocycles. The van der Waals surface area contributed by atoms with Gasteiger partial charge in [-0.2, -0.15) is 0 Å². The van der Waals surface area contributed by atoms with E-state index in [1.807, 2.05) is 30.3 Å². The molecule has 1 aromatic carbocycles. The standard InChI is InChI=1S/C14H18O2/c1-14(16,12-7-3-2-4-8-12)10-11-6-5-9-13(11)15/h2-4,7-8,11,16H,5-6,9-10H2,1H3. The van der Waals surface area contributed by atoms with Crippen LogP contribution in [-0.2, 0) is 10.4 Å². The number of hydrogen-bond donors (Lipinski definition) is 1. The van der Waals surface area contributed by atoms with Crippen molar-refractivity contribution in [2.45, 2.75) is 38.2 Å². The van der Waals surface area contributed by atoms with Gasteiger partial charge < -0.3 is 5.11 Å². The third-order valence-electron chi connectivity index (χ3n) is 3.47. The predicted octanol–water partition coefficient (Wildman–Crippen LogP) is 2.65. The van der Waals surface area contributed by atoms with Gasteiger partial charge in [-0.15, -0.1) is 0 Å². The van der Waals surface area contributed by atoms with E-state index in [9.17, 15) is 9.90 Å². The van der Waals surface area contributed by atoms with Crippen molar-refractivity contribution in [3.8, 4) is 0 Å². The number of ketones is 1. The van der Waals surface area contributed by atoms with Crippen LogP contribution >= 0.6 is 0 Å². The second kappa shape index (κ2) is 4.38. The van der Waals surface area contributed by atoms with Gasteiger partial charge in [0.25, 0.3) is 0 Å². The highest BCUT2D eigenvalue weighted by Crippen LogP contribution is 2.34. The maximum absolute atomic E-state index is 11.6. The Balaban J connectivity index is 2.11. The Kier molecular flexibility index (Phi) is 3.10. The topological polar surface area (TPSA) is 37.3 Å². The van der Waals surface area contributed by atoms with E-state index in [0.717, 1.165) is 18.4 Å². The summed E-state index contributed by atoms with van der Waals surface area (Å²) < 4.78 is 0. The molecule has 2 nitrogen and oxygen atoms in total. The van der Waals surface area contributed by atoms with Gasteiger partial charge in [-0.05, 0) is 31.7 Å². The van der Waals surface area contributed by atoms with Crippen LogP contribution in [0.25, 0.3) is 0 Å². The van der Waals surface area contributed by atoms with Crippen LogP contribution in [0.2, 0.25) is 0 Å². The first-order valence-electron chi connectivity index (χ1n) is 5.90. The molecule has 86 valence electrons. The van der Waals surface area contributed by atoms with E-state index in [-0.39, 0.29) is 5.92 Å². The first-order valence-corrected chi connectivity index (χ1v) is 5.90. The van der Waals surface area contributed by atoms with Crippen LogP contribution in [0.5, 0.6) is 0 Å². The molecule has 2 rings (SSSR count). The van der Waals surface area contributed by atoms with Gasteiger partial charge in [-0.1, -0.05) is 30.3 Å². The van der Waals surface area contributed by atoms with Gasteiger partial charge in [-0.25, -0.2) is 0 Å². The van der Waals surface area contributed by atoms with Crippen molar-refractivity contribution in [3.05, 3.63) is 35.9 Å². The molecule has 1 N–H and O–H groups in total. The smallest absolute Gasteiger partial charge is 0.136 e. The van der Waals surface area contributed by atoms with E-state index in [1.165, 1.54) is 0 Å². The predicted molar refractivity (Wildman–Crippen MR) is 63.0 cm³/mol. The Morgan fingerprint density at radius 3 is 2.62 bits per heavy atom. The van der Waals surface area contributed by atoms with Crippen LogP contribution in [0.4, 0.5) is 0 Å². The number of carbonyl (C=O) groups excluding carboxylic acids is 1. The van der Waals surface area contributed by atoms with Crippen LogP contribution < -0.4 is 0 Å². The molecule has 0 aromatic heterocycles. The lowest BCUT2D eigenvalue weighted by Gasteiger charge is -2.26. The Bertz CT molecular complexity index is 368. The molecule has 0 spiro atoms.